The molecule has 2 N–H and O–H groups in total. The van der Waals surface area contributed by atoms with E-state index in [2.05, 4.69) is 62.5 Å². The van der Waals surface area contributed by atoms with Crippen LogP contribution < -0.4 is 0 Å². The lowest BCUT2D eigenvalue weighted by Gasteiger charge is -2.19. The van der Waals surface area contributed by atoms with E-state index in [-0.39, 0.29) is 25.1 Å². The molecule has 1 rings (SSSR count). The van der Waals surface area contributed by atoms with E-state index >= 15 is 0 Å². The third-order valence-electron chi connectivity index (χ3n) is 9.20. The van der Waals surface area contributed by atoms with Crippen molar-refractivity contribution in [2.75, 3.05) is 26.2 Å². The number of aliphatic hydroxyl groups excluding tert-OH is 2. The minimum atomic E-state index is -0.888. The van der Waals surface area contributed by atoms with Gasteiger partial charge in [0.15, 0.2) is 12.2 Å². The van der Waals surface area contributed by atoms with Gasteiger partial charge in [-0.25, -0.2) is 0 Å². The summed E-state index contributed by atoms with van der Waals surface area (Å²) in [7, 11) is 0. The Balaban J connectivity index is 2.22. The minimum Gasteiger partial charge on any atom is -0.457 e. The predicted octanol–water partition coefficient (Wildman–Crippen LogP) is 10.1. The minimum absolute atomic E-state index is 0.245. The molecule has 3 atom stereocenters. The monoisotopic (exact) mass is 702 g/mol. The largest absolute Gasteiger partial charge is 0.457 e. The third-order valence-corrected chi connectivity index (χ3v) is 9.20. The first-order valence-electron chi connectivity index (χ1n) is 20.5. The molecule has 0 aromatic carbocycles. The Hall–Kier alpha value is -2.22. The third kappa shape index (κ3) is 27.5. The normalized spacial score (nSPS) is 17.6. The fourth-order valence-electron chi connectivity index (χ4n) is 6.17. The Kier molecular flexibility index (Phi) is 31.1. The van der Waals surface area contributed by atoms with Crippen molar-refractivity contribution < 1.29 is 29.3 Å². The number of esters is 2. The van der Waals surface area contributed by atoms with Gasteiger partial charge in [0.25, 0.3) is 0 Å². The zero-order valence-corrected chi connectivity index (χ0v) is 32.1. The summed E-state index contributed by atoms with van der Waals surface area (Å²) in [6.45, 7) is 5.13. The second-order valence-electron chi connectivity index (χ2n) is 14.1. The number of unbranched alkanes of at least 4 members (excludes halogenated alkanes) is 16. The van der Waals surface area contributed by atoms with Crippen molar-refractivity contribution in [3.05, 3.63) is 48.6 Å². The summed E-state index contributed by atoms with van der Waals surface area (Å²) in [4.78, 5) is 27.3. The first-order valence-corrected chi connectivity index (χ1v) is 20.5. The SMILES string of the molecule is CCCCC/C=C\C/C=C\CCCCCCCC(=O)O[C@@H]1CN(C[C@@H](O)CO)C[C@H]1OC(=O)CCCCCCC/C=C\C/C=C\CCCCC. The van der Waals surface area contributed by atoms with Crippen molar-refractivity contribution in [3.8, 4) is 0 Å². The van der Waals surface area contributed by atoms with Crippen LogP contribution in [0, 0.1) is 0 Å². The highest BCUT2D eigenvalue weighted by atomic mass is 16.6. The maximum absolute atomic E-state index is 12.7. The maximum Gasteiger partial charge on any atom is 0.306 e. The van der Waals surface area contributed by atoms with Gasteiger partial charge >= 0.3 is 11.9 Å². The molecule has 7 heteroatoms. The number of rotatable bonds is 33. The molecule has 1 fully saturated rings. The van der Waals surface area contributed by atoms with Gasteiger partial charge < -0.3 is 19.7 Å². The Morgan fingerprint density at radius 3 is 1.32 bits per heavy atom. The number of ether oxygens (including phenoxy) is 2. The number of allylic oxidation sites excluding steroid dienone is 8. The Bertz CT molecular complexity index is 860. The molecule has 50 heavy (non-hydrogen) atoms. The average Bonchev–Trinajstić information content (AvgIpc) is 3.47. The summed E-state index contributed by atoms with van der Waals surface area (Å²) in [5, 5.41) is 19.2. The van der Waals surface area contributed by atoms with Crippen LogP contribution in [0.5, 0.6) is 0 Å². The average molecular weight is 702 g/mol. The summed E-state index contributed by atoms with van der Waals surface area (Å²) in [6, 6.07) is 0. The molecule has 0 saturated carbocycles. The van der Waals surface area contributed by atoms with Gasteiger partial charge in [0, 0.05) is 32.5 Å². The van der Waals surface area contributed by atoms with Crippen molar-refractivity contribution in [1.82, 2.24) is 4.90 Å². The van der Waals surface area contributed by atoms with Crippen LogP contribution in [0.4, 0.5) is 0 Å². The summed E-state index contributed by atoms with van der Waals surface area (Å²) < 4.78 is 11.6. The zero-order chi connectivity index (χ0) is 36.3. The van der Waals surface area contributed by atoms with Gasteiger partial charge in [0.2, 0.25) is 0 Å². The van der Waals surface area contributed by atoms with Crippen LogP contribution in [0.1, 0.15) is 168 Å². The molecular weight excluding hydrogens is 626 g/mol. The quantitative estimate of drug-likeness (QED) is 0.0399. The van der Waals surface area contributed by atoms with E-state index in [1.807, 2.05) is 4.90 Å². The fraction of sp³-hybridized carbons (Fsp3) is 0.767. The number of carbonyl (C=O) groups is 2. The van der Waals surface area contributed by atoms with Gasteiger partial charge in [-0.15, -0.1) is 0 Å². The van der Waals surface area contributed by atoms with E-state index in [4.69, 9.17) is 9.47 Å². The molecule has 0 amide bonds. The molecule has 0 radical (unpaired) electrons. The van der Waals surface area contributed by atoms with Crippen molar-refractivity contribution in [2.45, 2.75) is 186 Å². The van der Waals surface area contributed by atoms with Gasteiger partial charge in [0.05, 0.1) is 12.7 Å². The maximum atomic E-state index is 12.7. The van der Waals surface area contributed by atoms with Crippen LogP contribution >= 0.6 is 0 Å². The number of aliphatic hydroxyl groups is 2. The van der Waals surface area contributed by atoms with E-state index < -0.39 is 18.3 Å². The van der Waals surface area contributed by atoms with Crippen LogP contribution in [0.2, 0.25) is 0 Å². The van der Waals surface area contributed by atoms with Crippen molar-refractivity contribution >= 4 is 11.9 Å². The molecular formula is C43H75NO6. The molecule has 0 unspecified atom stereocenters. The van der Waals surface area contributed by atoms with Crippen LogP contribution in [-0.2, 0) is 19.1 Å². The fourth-order valence-corrected chi connectivity index (χ4v) is 6.17. The van der Waals surface area contributed by atoms with Crippen LogP contribution in [0.25, 0.3) is 0 Å². The number of nitrogens with zero attached hydrogens (tertiary/aromatic N) is 1. The predicted molar refractivity (Wildman–Crippen MR) is 208 cm³/mol. The highest BCUT2D eigenvalue weighted by Gasteiger charge is 2.38. The van der Waals surface area contributed by atoms with Crippen LogP contribution in [0.3, 0.4) is 0 Å². The molecule has 0 spiro atoms. The number of β-amino-alcohol motifs (C(OH)–C–C–N with tert-alkyl or cyclic N) is 1. The molecule has 1 aliphatic heterocycles. The topological polar surface area (TPSA) is 96.3 Å². The van der Waals surface area contributed by atoms with Gasteiger partial charge in [-0.05, 0) is 77.0 Å². The van der Waals surface area contributed by atoms with E-state index in [0.29, 0.717) is 25.9 Å². The van der Waals surface area contributed by atoms with E-state index in [9.17, 15) is 19.8 Å². The summed E-state index contributed by atoms with van der Waals surface area (Å²) in [5.41, 5.74) is 0. The molecule has 0 aliphatic carbocycles. The smallest absolute Gasteiger partial charge is 0.306 e. The first-order chi connectivity index (χ1) is 24.5. The van der Waals surface area contributed by atoms with Gasteiger partial charge in [-0.3, -0.25) is 14.5 Å². The molecule has 0 bridgehead atoms. The Morgan fingerprint density at radius 2 is 0.940 bits per heavy atom. The summed E-state index contributed by atoms with van der Waals surface area (Å²) in [6.07, 6.45) is 41.6. The number of likely N-dealkylation sites (tertiary alicyclic amines) is 1. The Morgan fingerprint density at radius 1 is 0.580 bits per heavy atom. The molecule has 1 aliphatic rings. The lowest BCUT2D eigenvalue weighted by Crippen LogP contribution is -2.33. The van der Waals surface area contributed by atoms with E-state index in [1.54, 1.807) is 0 Å². The van der Waals surface area contributed by atoms with Crippen LogP contribution in [-0.4, -0.2) is 71.6 Å². The van der Waals surface area contributed by atoms with Gasteiger partial charge in [-0.2, -0.15) is 0 Å². The molecule has 7 nitrogen and oxygen atoms in total. The van der Waals surface area contributed by atoms with Crippen molar-refractivity contribution in [3.63, 3.8) is 0 Å². The lowest BCUT2D eigenvalue weighted by atomic mass is 10.1. The summed E-state index contributed by atoms with van der Waals surface area (Å²) >= 11 is 0. The number of carbonyl (C=O) groups excluding carboxylic acids is 2. The second-order valence-corrected chi connectivity index (χ2v) is 14.1. The lowest BCUT2D eigenvalue weighted by molar-refractivity contribution is -0.164. The van der Waals surface area contributed by atoms with Gasteiger partial charge in [0.1, 0.15) is 0 Å². The zero-order valence-electron chi connectivity index (χ0n) is 32.1. The van der Waals surface area contributed by atoms with Gasteiger partial charge in [-0.1, -0.05) is 127 Å². The second kappa shape index (κ2) is 33.9. The summed E-state index contributed by atoms with van der Waals surface area (Å²) in [5.74, 6) is -0.528. The standard InChI is InChI=1S/C43H75NO6/c1-3-5-7-9-11-13-15-17-19-21-23-25-27-29-31-33-42(47)49-40-36-44(35-39(46)38-45)37-41(40)50-43(48)34-32-30-28-26-24-22-20-18-16-14-12-10-8-6-4-2/h11-14,17-20,39-41,45-46H,3-10,15-16,21-38H2,1-2H3/b13-11-,14-12-,19-17-,20-18-/t39-,40-,41-/m1/s1. The highest BCUT2D eigenvalue weighted by molar-refractivity contribution is 5.70. The first kappa shape index (κ1) is 45.8. The van der Waals surface area contributed by atoms with E-state index in [1.165, 1.54) is 64.2 Å². The highest BCUT2D eigenvalue weighted by Crippen LogP contribution is 2.20. The molecule has 1 heterocycles. The van der Waals surface area contributed by atoms with Crippen molar-refractivity contribution in [2.24, 2.45) is 0 Å². The van der Waals surface area contributed by atoms with E-state index in [0.717, 1.165) is 77.0 Å². The van der Waals surface area contributed by atoms with Crippen LogP contribution in [0.15, 0.2) is 48.6 Å². The molecule has 288 valence electrons. The molecule has 0 aromatic heterocycles. The number of hydrogen-bond acceptors (Lipinski definition) is 7. The molecule has 1 saturated heterocycles. The van der Waals surface area contributed by atoms with Crippen molar-refractivity contribution in [1.29, 1.82) is 0 Å². The Labute approximate surface area is 306 Å². The number of hydrogen-bond donors (Lipinski definition) is 2. The molecule has 0 aromatic rings.